The largest absolute Gasteiger partial charge is 0.495 e. The zero-order chi connectivity index (χ0) is 14.0. The second-order valence-corrected chi connectivity index (χ2v) is 5.36. The second-order valence-electron chi connectivity index (χ2n) is 4.07. The first-order valence-corrected chi connectivity index (χ1v) is 7.03. The minimum Gasteiger partial charge on any atom is -0.495 e. The molecular formula is C14H14BrClO3. The summed E-state index contributed by atoms with van der Waals surface area (Å²) in [6.45, 7) is 1.99. The van der Waals surface area contributed by atoms with Crippen molar-refractivity contribution in [2.24, 2.45) is 0 Å². The van der Waals surface area contributed by atoms with Crippen molar-refractivity contribution in [3.05, 3.63) is 50.8 Å². The number of hydrogen-bond acceptors (Lipinski definition) is 3. The molecule has 2 rings (SSSR count). The number of furan rings is 1. The molecule has 19 heavy (non-hydrogen) atoms. The molecule has 0 amide bonds. The van der Waals surface area contributed by atoms with E-state index in [1.165, 1.54) is 0 Å². The third-order valence-electron chi connectivity index (χ3n) is 2.84. The van der Waals surface area contributed by atoms with Crippen LogP contribution in [0.2, 0.25) is 5.02 Å². The van der Waals surface area contributed by atoms with Crippen LogP contribution in [0.5, 0.6) is 5.75 Å². The van der Waals surface area contributed by atoms with Crippen molar-refractivity contribution in [3.63, 3.8) is 0 Å². The van der Waals surface area contributed by atoms with E-state index >= 15 is 0 Å². The number of ether oxygens (including phenoxy) is 1. The molecule has 0 aliphatic rings. The highest BCUT2D eigenvalue weighted by atomic mass is 79.9. The number of aliphatic hydroxyl groups excluding tert-OH is 1. The Labute approximate surface area is 125 Å². The van der Waals surface area contributed by atoms with Gasteiger partial charge in [0.05, 0.1) is 11.6 Å². The molecular weight excluding hydrogens is 332 g/mol. The van der Waals surface area contributed by atoms with E-state index in [-0.39, 0.29) is 0 Å². The van der Waals surface area contributed by atoms with Crippen LogP contribution >= 0.6 is 27.5 Å². The number of aliphatic hydroxyl groups is 1. The Morgan fingerprint density at radius 1 is 1.42 bits per heavy atom. The van der Waals surface area contributed by atoms with Crippen molar-refractivity contribution in [2.75, 3.05) is 7.11 Å². The summed E-state index contributed by atoms with van der Waals surface area (Å²) >= 11 is 9.38. The van der Waals surface area contributed by atoms with Gasteiger partial charge in [0.1, 0.15) is 23.4 Å². The minimum atomic E-state index is -0.912. The summed E-state index contributed by atoms with van der Waals surface area (Å²) in [4.78, 5) is 0. The van der Waals surface area contributed by atoms with Gasteiger partial charge >= 0.3 is 0 Å². The number of benzene rings is 1. The molecule has 0 radical (unpaired) electrons. The van der Waals surface area contributed by atoms with E-state index in [1.807, 2.05) is 13.0 Å². The number of aryl methyl sites for hydroxylation is 1. The van der Waals surface area contributed by atoms with Crippen molar-refractivity contribution >= 4 is 27.5 Å². The average Bonchev–Trinajstić information content (AvgIpc) is 2.85. The molecule has 0 saturated carbocycles. The van der Waals surface area contributed by atoms with Crippen LogP contribution in [0.15, 0.2) is 33.2 Å². The molecule has 0 fully saturated rings. The van der Waals surface area contributed by atoms with E-state index in [4.69, 9.17) is 20.8 Å². The summed E-state index contributed by atoms with van der Waals surface area (Å²) in [5.41, 5.74) is 0.568. The Kier molecular flexibility index (Phi) is 4.55. The van der Waals surface area contributed by atoms with Crippen LogP contribution in [-0.2, 0) is 6.42 Å². The SMILES string of the molecule is CCc1ccc(C(O)c2cc(Cl)cc(Br)c2OC)o1. The summed E-state index contributed by atoms with van der Waals surface area (Å²) in [5, 5.41) is 10.9. The van der Waals surface area contributed by atoms with Crippen LogP contribution in [0.1, 0.15) is 30.1 Å². The maximum absolute atomic E-state index is 10.4. The van der Waals surface area contributed by atoms with Gasteiger partial charge in [-0.05, 0) is 40.2 Å². The second kappa shape index (κ2) is 5.99. The summed E-state index contributed by atoms with van der Waals surface area (Å²) in [6.07, 6.45) is -0.131. The van der Waals surface area contributed by atoms with Crippen LogP contribution in [-0.4, -0.2) is 12.2 Å². The fourth-order valence-electron chi connectivity index (χ4n) is 1.88. The van der Waals surface area contributed by atoms with Crippen LogP contribution in [0.25, 0.3) is 0 Å². The van der Waals surface area contributed by atoms with Gasteiger partial charge in [0.15, 0.2) is 0 Å². The maximum Gasteiger partial charge on any atom is 0.140 e. The highest BCUT2D eigenvalue weighted by Gasteiger charge is 2.21. The first-order chi connectivity index (χ1) is 9.06. The predicted molar refractivity (Wildman–Crippen MR) is 77.9 cm³/mol. The van der Waals surface area contributed by atoms with Crippen LogP contribution in [0.3, 0.4) is 0 Å². The van der Waals surface area contributed by atoms with Crippen molar-refractivity contribution in [2.45, 2.75) is 19.4 Å². The molecule has 102 valence electrons. The Morgan fingerprint density at radius 2 is 2.16 bits per heavy atom. The third-order valence-corrected chi connectivity index (χ3v) is 3.64. The normalized spacial score (nSPS) is 12.5. The minimum absolute atomic E-state index is 0.476. The van der Waals surface area contributed by atoms with Gasteiger partial charge in [0, 0.05) is 17.0 Å². The molecule has 0 spiro atoms. The van der Waals surface area contributed by atoms with E-state index in [9.17, 15) is 5.11 Å². The molecule has 0 bridgehead atoms. The molecule has 0 saturated heterocycles. The van der Waals surface area contributed by atoms with Gasteiger partial charge < -0.3 is 14.3 Å². The topological polar surface area (TPSA) is 42.6 Å². The molecule has 1 atom stereocenters. The van der Waals surface area contributed by atoms with Gasteiger partial charge in [-0.2, -0.15) is 0 Å². The molecule has 5 heteroatoms. The quantitative estimate of drug-likeness (QED) is 0.896. The van der Waals surface area contributed by atoms with E-state index in [2.05, 4.69) is 15.9 Å². The number of hydrogen-bond donors (Lipinski definition) is 1. The van der Waals surface area contributed by atoms with Crippen LogP contribution in [0, 0.1) is 0 Å². The van der Waals surface area contributed by atoms with Gasteiger partial charge in [-0.1, -0.05) is 18.5 Å². The summed E-state index contributed by atoms with van der Waals surface area (Å²) in [6, 6.07) is 7.00. The number of methoxy groups -OCH3 is 1. The Morgan fingerprint density at radius 3 is 2.74 bits per heavy atom. The molecule has 3 nitrogen and oxygen atoms in total. The first-order valence-electron chi connectivity index (χ1n) is 5.86. The van der Waals surface area contributed by atoms with E-state index in [0.717, 1.165) is 12.2 Å². The summed E-state index contributed by atoms with van der Waals surface area (Å²) in [7, 11) is 1.55. The van der Waals surface area contributed by atoms with E-state index in [1.54, 1.807) is 25.3 Å². The highest BCUT2D eigenvalue weighted by Crippen LogP contribution is 2.38. The zero-order valence-electron chi connectivity index (χ0n) is 10.6. The van der Waals surface area contributed by atoms with Gasteiger partial charge in [-0.25, -0.2) is 0 Å². The molecule has 1 heterocycles. The molecule has 1 aromatic carbocycles. The Bertz CT molecular complexity index is 580. The molecule has 0 aliphatic heterocycles. The van der Waals surface area contributed by atoms with E-state index < -0.39 is 6.10 Å². The van der Waals surface area contributed by atoms with Crippen molar-refractivity contribution in [1.29, 1.82) is 0 Å². The van der Waals surface area contributed by atoms with Crippen molar-refractivity contribution in [3.8, 4) is 5.75 Å². The summed E-state index contributed by atoms with van der Waals surface area (Å²) in [5.74, 6) is 1.85. The fourth-order valence-corrected chi connectivity index (χ4v) is 2.88. The molecule has 1 N–H and O–H groups in total. The van der Waals surface area contributed by atoms with Gasteiger partial charge in [0.2, 0.25) is 0 Å². The molecule has 0 aliphatic carbocycles. The van der Waals surface area contributed by atoms with Crippen molar-refractivity contribution in [1.82, 2.24) is 0 Å². The smallest absolute Gasteiger partial charge is 0.140 e. The lowest BCUT2D eigenvalue weighted by Gasteiger charge is -2.15. The number of halogens is 2. The number of rotatable bonds is 4. The van der Waals surface area contributed by atoms with Crippen molar-refractivity contribution < 1.29 is 14.3 Å². The van der Waals surface area contributed by atoms with Crippen LogP contribution in [0.4, 0.5) is 0 Å². The standard InChI is InChI=1S/C14H14BrClO3/c1-3-9-4-5-12(19-9)13(17)10-6-8(16)7-11(15)14(10)18-2/h4-7,13,17H,3H2,1-2H3. The third kappa shape index (κ3) is 2.96. The zero-order valence-corrected chi connectivity index (χ0v) is 13.0. The van der Waals surface area contributed by atoms with Gasteiger partial charge in [0.25, 0.3) is 0 Å². The monoisotopic (exact) mass is 344 g/mol. The summed E-state index contributed by atoms with van der Waals surface area (Å²) < 4.78 is 11.6. The average molecular weight is 346 g/mol. The molecule has 2 aromatic rings. The predicted octanol–water partition coefficient (Wildman–Crippen LogP) is 4.35. The molecule has 1 unspecified atom stereocenters. The fraction of sp³-hybridized carbons (Fsp3) is 0.286. The van der Waals surface area contributed by atoms with Gasteiger partial charge in [-0.15, -0.1) is 0 Å². The lowest BCUT2D eigenvalue weighted by Crippen LogP contribution is -2.02. The van der Waals surface area contributed by atoms with E-state index in [0.29, 0.717) is 26.6 Å². The highest BCUT2D eigenvalue weighted by molar-refractivity contribution is 9.10. The maximum atomic E-state index is 10.4. The Hall–Kier alpha value is -0.970. The van der Waals surface area contributed by atoms with Crippen LogP contribution < -0.4 is 4.74 Å². The molecule has 1 aromatic heterocycles. The van der Waals surface area contributed by atoms with Gasteiger partial charge in [-0.3, -0.25) is 0 Å². The lowest BCUT2D eigenvalue weighted by molar-refractivity contribution is 0.182. The Balaban J connectivity index is 2.45. The first kappa shape index (κ1) is 14.4. The lowest BCUT2D eigenvalue weighted by atomic mass is 10.1.